The minimum Gasteiger partial charge on any atom is -0.370 e. The average molecular weight is 1330 g/mol. The highest BCUT2D eigenvalue weighted by Crippen LogP contribution is 2.23. The van der Waals surface area contributed by atoms with Crippen LogP contribution in [0.25, 0.3) is 32.7 Å². The Kier molecular flexibility index (Phi) is 30.8. The lowest BCUT2D eigenvalue weighted by Crippen LogP contribution is -2.60. The van der Waals surface area contributed by atoms with Gasteiger partial charge in [-0.15, -0.1) is 0 Å². The van der Waals surface area contributed by atoms with Gasteiger partial charge in [0.1, 0.15) is 36.3 Å². The number of benzene rings is 3. The smallest absolute Gasteiger partial charge is 0.243 e. The molecule has 6 aromatic rings. The maximum Gasteiger partial charge on any atom is 0.243 e. The van der Waals surface area contributed by atoms with E-state index in [1.54, 1.807) is 18.6 Å². The predicted molar refractivity (Wildman–Crippen MR) is 374 cm³/mol. The Bertz CT molecular complexity index is 3600. The summed E-state index contributed by atoms with van der Waals surface area (Å²) in [5, 5.41) is 22.1. The molecule has 0 saturated heterocycles. The van der Waals surface area contributed by atoms with E-state index in [0.29, 0.717) is 42.5 Å². The predicted octanol–water partition coefficient (Wildman–Crippen LogP) is 1.47. The van der Waals surface area contributed by atoms with Gasteiger partial charge in [0.15, 0.2) is 17.9 Å². The fourth-order valence-corrected chi connectivity index (χ4v) is 11.3. The van der Waals surface area contributed by atoms with Crippen LogP contribution in [0.4, 0.5) is 0 Å². The molecule has 0 unspecified atom stereocenters. The summed E-state index contributed by atoms with van der Waals surface area (Å²) >= 11 is 0. The number of hydrogen-bond acceptors (Lipinski definition) is 12. The highest BCUT2D eigenvalue weighted by Gasteiger charge is 2.35. The van der Waals surface area contributed by atoms with Crippen LogP contribution in [0.3, 0.4) is 0 Å². The van der Waals surface area contributed by atoms with Gasteiger partial charge in [-0.25, -0.2) is 0 Å². The summed E-state index contributed by atoms with van der Waals surface area (Å²) in [5.74, 6) is -6.07. The van der Waals surface area contributed by atoms with E-state index in [2.05, 4.69) is 74.1 Å². The van der Waals surface area contributed by atoms with Crippen LogP contribution in [0.1, 0.15) is 133 Å². The van der Waals surface area contributed by atoms with E-state index in [9.17, 15) is 24.0 Å². The molecule has 29 nitrogen and oxygen atoms in total. The minimum atomic E-state index is -1.44. The highest BCUT2D eigenvalue weighted by atomic mass is 16.2. The Morgan fingerprint density at radius 3 is 1.14 bits per heavy atom. The molecule has 3 aromatic carbocycles. The highest BCUT2D eigenvalue weighted by molar-refractivity contribution is 5.98. The second-order valence-electron chi connectivity index (χ2n) is 24.1. The van der Waals surface area contributed by atoms with Crippen LogP contribution in [-0.4, -0.2) is 149 Å². The molecular weight excluding hydrogens is 1230 g/mol. The number of fused-ring (bicyclic) bond motifs is 3. The zero-order valence-electron chi connectivity index (χ0n) is 54.9. The molecule has 7 atom stereocenters. The fraction of sp³-hybridized carbons (Fsp3) is 0.478. The second kappa shape index (κ2) is 39.5. The lowest BCUT2D eigenvalue weighted by Gasteiger charge is -2.28. The van der Waals surface area contributed by atoms with Gasteiger partial charge in [-0.2, -0.15) is 0 Å². The van der Waals surface area contributed by atoms with E-state index >= 15 is 14.4 Å². The third kappa shape index (κ3) is 24.9. The van der Waals surface area contributed by atoms with Crippen LogP contribution in [-0.2, 0) is 57.6 Å². The molecule has 26 N–H and O–H groups in total. The lowest BCUT2D eigenvalue weighted by atomic mass is 10.0. The number of aliphatic imine (C=N–C) groups is 3. The summed E-state index contributed by atoms with van der Waals surface area (Å²) in [6.45, 7) is 2.79. The number of hydrogen-bond donors (Lipinski definition) is 18. The standard InChI is InChI=1S/C67H99N21O8/c1-2-3-4-5-6-7-8-30-57(89)76-31-16-15-23-47(68)59(91)83-51(27-17-32-77-65(70)71)61(93)87-55(36-42-39-81-49-25-13-10-21-45(42)49)64(96)85-53(29-19-34-79-67(74)75)62(94)88-56(37-43-40-82-50-26-14-11-22-46(43)50)63(95)84-52(28-18-33-78-66(72)73)60(92)86-54(58(69)90)35-41-38-80-48-24-12-9-20-44(41)48/h9-14,20-22,24-26,38-40,47,51-56,80-82H,2-8,15-19,23,27-37,68H2,1H3,(H2,69,90)(H,76,89)(H,83,91)(H,84,95)(H,85,96)(H,86,92)(H,87,93)(H,88,94)(H4,70,71,77)(H4,72,73,78)(H4,74,75,79)/t47-,51-,52-,53-,54-,55-,56-/m0/s1. The van der Waals surface area contributed by atoms with E-state index < -0.39 is 83.6 Å². The van der Waals surface area contributed by atoms with Crippen molar-refractivity contribution in [2.45, 2.75) is 178 Å². The van der Waals surface area contributed by atoms with Crippen LogP contribution in [0.5, 0.6) is 0 Å². The topological polar surface area (TPSA) is 513 Å². The number of nitrogens with zero attached hydrogens (tertiary/aromatic N) is 3. The number of H-pyrrole nitrogens is 3. The van der Waals surface area contributed by atoms with E-state index in [-0.39, 0.29) is 108 Å². The van der Waals surface area contributed by atoms with Gasteiger partial charge in [0.05, 0.1) is 6.04 Å². The quantitative estimate of drug-likeness (QED) is 0.0146. The van der Waals surface area contributed by atoms with E-state index in [0.717, 1.165) is 52.0 Å². The van der Waals surface area contributed by atoms with Gasteiger partial charge in [-0.05, 0) is 99.1 Å². The van der Waals surface area contributed by atoms with Crippen LogP contribution < -0.4 is 83.1 Å². The molecule has 0 fully saturated rings. The minimum absolute atomic E-state index is 0.0122. The second-order valence-corrected chi connectivity index (χ2v) is 24.1. The molecule has 8 amide bonds. The molecule has 29 heteroatoms. The van der Waals surface area contributed by atoms with Crippen molar-refractivity contribution >= 4 is 97.8 Å². The van der Waals surface area contributed by atoms with Crippen molar-refractivity contribution in [1.29, 1.82) is 0 Å². The van der Waals surface area contributed by atoms with Crippen LogP contribution in [0.2, 0.25) is 0 Å². The molecule has 0 aliphatic rings. The van der Waals surface area contributed by atoms with E-state index in [1.165, 1.54) is 25.7 Å². The van der Waals surface area contributed by atoms with Crippen LogP contribution in [0.15, 0.2) is 106 Å². The molecule has 0 aliphatic heterocycles. The largest absolute Gasteiger partial charge is 0.370 e. The summed E-state index contributed by atoms with van der Waals surface area (Å²) in [5.41, 5.74) is 50.4. The number of para-hydroxylation sites is 3. The first kappa shape index (κ1) is 74.8. The molecule has 96 heavy (non-hydrogen) atoms. The van der Waals surface area contributed by atoms with Crippen LogP contribution >= 0.6 is 0 Å². The first-order valence-corrected chi connectivity index (χ1v) is 33.2. The third-order valence-electron chi connectivity index (χ3n) is 16.6. The molecule has 6 rings (SSSR count). The van der Waals surface area contributed by atoms with Gasteiger partial charge in [0.2, 0.25) is 47.3 Å². The molecule has 3 aromatic heterocycles. The molecule has 0 saturated carbocycles. The Morgan fingerprint density at radius 2 is 0.740 bits per heavy atom. The number of rotatable bonds is 44. The number of nitrogens with one attached hydrogen (secondary N) is 10. The Morgan fingerprint density at radius 1 is 0.396 bits per heavy atom. The number of unbranched alkanes of at least 4 members (excludes halogenated alkanes) is 7. The van der Waals surface area contributed by atoms with Crippen molar-refractivity contribution in [1.82, 2.24) is 52.2 Å². The Hall–Kier alpha value is -10.2. The van der Waals surface area contributed by atoms with Crippen molar-refractivity contribution in [3.8, 4) is 0 Å². The maximum absolute atomic E-state index is 15.2. The Labute approximate surface area is 558 Å². The summed E-state index contributed by atoms with van der Waals surface area (Å²) < 4.78 is 0. The summed E-state index contributed by atoms with van der Waals surface area (Å²) in [7, 11) is 0. The maximum atomic E-state index is 15.2. The monoisotopic (exact) mass is 1330 g/mol. The summed E-state index contributed by atoms with van der Waals surface area (Å²) in [4.78, 5) is 136. The summed E-state index contributed by atoms with van der Waals surface area (Å²) in [6, 6.07) is 12.9. The van der Waals surface area contributed by atoms with Gasteiger partial charge in [-0.1, -0.05) is 100 Å². The van der Waals surface area contributed by atoms with E-state index in [1.807, 2.05) is 72.8 Å². The lowest BCUT2D eigenvalue weighted by molar-refractivity contribution is -0.135. The number of amides is 8. The van der Waals surface area contributed by atoms with E-state index in [4.69, 9.17) is 45.9 Å². The molecule has 520 valence electrons. The molecule has 3 heterocycles. The van der Waals surface area contributed by atoms with Crippen molar-refractivity contribution in [3.05, 3.63) is 108 Å². The normalized spacial score (nSPS) is 13.4. The first-order valence-electron chi connectivity index (χ1n) is 33.2. The number of carbonyl (C=O) groups is 8. The zero-order valence-corrected chi connectivity index (χ0v) is 54.9. The van der Waals surface area contributed by atoms with Crippen molar-refractivity contribution in [3.63, 3.8) is 0 Å². The van der Waals surface area contributed by atoms with Crippen molar-refractivity contribution in [2.24, 2.45) is 60.8 Å². The van der Waals surface area contributed by atoms with Gasteiger partial charge < -0.3 is 98.0 Å². The molecule has 0 aliphatic carbocycles. The number of guanidine groups is 3. The van der Waals surface area contributed by atoms with Gasteiger partial charge in [-0.3, -0.25) is 53.3 Å². The number of nitrogens with two attached hydrogens (primary N) is 8. The number of carbonyl (C=O) groups excluding carboxylic acids is 8. The molecule has 0 bridgehead atoms. The first-order chi connectivity index (χ1) is 46.2. The molecular formula is C67H99N21O8. The number of aromatic amines is 3. The molecule has 0 radical (unpaired) electrons. The van der Waals surface area contributed by atoms with Crippen LogP contribution in [0, 0.1) is 0 Å². The van der Waals surface area contributed by atoms with Crippen molar-refractivity contribution in [2.75, 3.05) is 26.2 Å². The number of primary amides is 1. The zero-order chi connectivity index (χ0) is 69.4. The fourth-order valence-electron chi connectivity index (χ4n) is 11.3. The molecule has 0 spiro atoms. The third-order valence-corrected chi connectivity index (χ3v) is 16.6. The Balaban J connectivity index is 1.25. The van der Waals surface area contributed by atoms with Crippen molar-refractivity contribution < 1.29 is 38.4 Å². The van der Waals surface area contributed by atoms with Gasteiger partial charge >= 0.3 is 0 Å². The van der Waals surface area contributed by atoms with Gasteiger partial charge in [0.25, 0.3) is 0 Å². The average Bonchev–Trinajstić information content (AvgIpc) is 1.68. The van der Waals surface area contributed by atoms with Gasteiger partial charge in [0, 0.05) is 103 Å². The SMILES string of the molecule is CCCCCCCCCC(=O)NCCCC[C@H](N)C(=O)N[C@@H](CCCN=C(N)N)C(=O)N[C@@H](Cc1c[nH]c2ccccc12)C(=O)N[C@@H](CCCN=C(N)N)C(=O)N[C@@H](Cc1c[nH]c2ccccc12)C(=O)N[C@@H](CCCN=C(N)N)C(=O)N[C@@H](Cc1c[nH]c2ccccc12)C(N)=O. The number of aromatic nitrogens is 3. The summed E-state index contributed by atoms with van der Waals surface area (Å²) in [6.07, 6.45) is 14.7.